The Kier molecular flexibility index (Phi) is 9.13. The van der Waals surface area contributed by atoms with Crippen LogP contribution in [0.4, 0.5) is 0 Å². The van der Waals surface area contributed by atoms with Crippen molar-refractivity contribution < 1.29 is 28.7 Å². The Morgan fingerprint density at radius 3 is 2.00 bits per heavy atom. The van der Waals surface area contributed by atoms with Crippen LogP contribution < -0.4 is 20.2 Å². The lowest BCUT2D eigenvalue weighted by Crippen LogP contribution is -2.34. The molecule has 2 amide bonds. The lowest BCUT2D eigenvalue weighted by Gasteiger charge is -2.10. The number of nitrogens with zero attached hydrogens (tertiary/aromatic N) is 1. The molecule has 0 aromatic heterocycles. The number of nitrogens with one attached hydrogen (secondary N) is 2. The normalized spacial score (nSPS) is 10.5. The molecular weight excluding hydrogens is 510 g/mol. The first-order chi connectivity index (χ1) is 19.4. The number of amides is 2. The van der Waals surface area contributed by atoms with Gasteiger partial charge in [-0.05, 0) is 55.5 Å². The predicted octanol–water partition coefficient (Wildman–Crippen LogP) is 4.31. The maximum atomic E-state index is 12.7. The van der Waals surface area contributed by atoms with Gasteiger partial charge in [-0.3, -0.25) is 9.59 Å². The highest BCUT2D eigenvalue weighted by atomic mass is 16.5. The van der Waals surface area contributed by atoms with E-state index in [0.717, 1.165) is 5.56 Å². The van der Waals surface area contributed by atoms with Crippen molar-refractivity contribution in [3.05, 3.63) is 131 Å². The highest BCUT2D eigenvalue weighted by Crippen LogP contribution is 2.26. The Labute approximate surface area is 230 Å². The molecule has 200 valence electrons. The third-order valence-electron chi connectivity index (χ3n) is 5.50. The molecule has 0 saturated carbocycles. The molecule has 4 aromatic carbocycles. The summed E-state index contributed by atoms with van der Waals surface area (Å²) in [5, 5.41) is 6.44. The van der Waals surface area contributed by atoms with Crippen molar-refractivity contribution in [3.63, 3.8) is 0 Å². The van der Waals surface area contributed by atoms with Crippen molar-refractivity contribution in [1.82, 2.24) is 10.7 Å². The van der Waals surface area contributed by atoms with Gasteiger partial charge in [0.15, 0.2) is 0 Å². The molecular formula is C31H25N3O6. The number of carbonyl (C=O) groups is 4. The van der Waals surface area contributed by atoms with Gasteiger partial charge in [-0.2, -0.15) is 5.10 Å². The summed E-state index contributed by atoms with van der Waals surface area (Å²) in [6.07, 6.45) is 1.27. The highest BCUT2D eigenvalue weighted by molar-refractivity contribution is 5.97. The van der Waals surface area contributed by atoms with Crippen LogP contribution in [0.25, 0.3) is 0 Å². The van der Waals surface area contributed by atoms with Crippen LogP contribution >= 0.6 is 0 Å². The molecule has 0 fully saturated rings. The smallest absolute Gasteiger partial charge is 0.343 e. The van der Waals surface area contributed by atoms with Gasteiger partial charge in [-0.25, -0.2) is 15.0 Å². The summed E-state index contributed by atoms with van der Waals surface area (Å²) in [6, 6.07) is 28.2. The van der Waals surface area contributed by atoms with Crippen molar-refractivity contribution in [2.45, 2.75) is 6.92 Å². The molecule has 0 radical (unpaired) electrons. The van der Waals surface area contributed by atoms with Crippen molar-refractivity contribution in [2.24, 2.45) is 5.10 Å². The van der Waals surface area contributed by atoms with Crippen LogP contribution in [0.1, 0.15) is 42.2 Å². The zero-order valence-corrected chi connectivity index (χ0v) is 21.5. The number of ether oxygens (including phenoxy) is 2. The summed E-state index contributed by atoms with van der Waals surface area (Å²) in [6.45, 7) is 1.57. The molecule has 40 heavy (non-hydrogen) atoms. The number of aryl methyl sites for hydroxylation is 1. The number of carbonyl (C=O) groups excluding carboxylic acids is 4. The van der Waals surface area contributed by atoms with E-state index < -0.39 is 23.8 Å². The van der Waals surface area contributed by atoms with E-state index in [9.17, 15) is 19.2 Å². The summed E-state index contributed by atoms with van der Waals surface area (Å²) >= 11 is 0. The lowest BCUT2D eigenvalue weighted by molar-refractivity contribution is -0.120. The van der Waals surface area contributed by atoms with Crippen LogP contribution in [0.2, 0.25) is 0 Å². The first-order valence-electron chi connectivity index (χ1n) is 12.2. The largest absolute Gasteiger partial charge is 0.423 e. The first-order valence-corrected chi connectivity index (χ1v) is 12.2. The van der Waals surface area contributed by atoms with E-state index in [2.05, 4.69) is 15.8 Å². The SMILES string of the molecule is Cc1cccc(C(=O)NCC(=O)N/N=C\c2ccc(OC(=O)c3ccccc3)cc2OC(=O)c2ccccc2)c1. The van der Waals surface area contributed by atoms with Gasteiger partial charge in [0.05, 0.1) is 23.9 Å². The number of rotatable bonds is 9. The molecule has 0 heterocycles. The van der Waals surface area contributed by atoms with Crippen LogP contribution in [-0.4, -0.2) is 36.5 Å². The van der Waals surface area contributed by atoms with Gasteiger partial charge < -0.3 is 14.8 Å². The fourth-order valence-corrected chi connectivity index (χ4v) is 3.51. The minimum absolute atomic E-state index is 0.0537. The molecule has 9 nitrogen and oxygen atoms in total. The van der Waals surface area contributed by atoms with Crippen molar-refractivity contribution in [2.75, 3.05) is 6.54 Å². The van der Waals surface area contributed by atoms with Crippen LogP contribution in [0.5, 0.6) is 11.5 Å². The number of benzene rings is 4. The number of hydrogen-bond donors (Lipinski definition) is 2. The molecule has 0 saturated heterocycles. The molecule has 0 aliphatic heterocycles. The lowest BCUT2D eigenvalue weighted by atomic mass is 10.1. The highest BCUT2D eigenvalue weighted by Gasteiger charge is 2.15. The predicted molar refractivity (Wildman–Crippen MR) is 148 cm³/mol. The molecule has 0 bridgehead atoms. The van der Waals surface area contributed by atoms with Gasteiger partial charge in [-0.1, -0.05) is 54.1 Å². The summed E-state index contributed by atoms with van der Waals surface area (Å²) in [5.41, 5.74) is 4.68. The minimum atomic E-state index is -0.635. The minimum Gasteiger partial charge on any atom is -0.423 e. The van der Waals surface area contributed by atoms with Gasteiger partial charge in [-0.15, -0.1) is 0 Å². The monoisotopic (exact) mass is 535 g/mol. The summed E-state index contributed by atoms with van der Waals surface area (Å²) in [7, 11) is 0. The number of hydrazone groups is 1. The molecule has 0 atom stereocenters. The maximum absolute atomic E-state index is 12.7. The summed E-state index contributed by atoms with van der Waals surface area (Å²) < 4.78 is 11.0. The van der Waals surface area contributed by atoms with Gasteiger partial charge in [0.25, 0.3) is 11.8 Å². The Balaban J connectivity index is 1.44. The zero-order valence-electron chi connectivity index (χ0n) is 21.5. The molecule has 0 unspecified atom stereocenters. The topological polar surface area (TPSA) is 123 Å². The van der Waals surface area contributed by atoms with Crippen LogP contribution in [0.3, 0.4) is 0 Å². The molecule has 4 rings (SSSR count). The van der Waals surface area contributed by atoms with Gasteiger partial charge in [0.2, 0.25) is 0 Å². The average molecular weight is 536 g/mol. The van der Waals surface area contributed by atoms with E-state index in [-0.39, 0.29) is 18.0 Å². The fourth-order valence-electron chi connectivity index (χ4n) is 3.51. The molecule has 0 aliphatic carbocycles. The molecule has 0 spiro atoms. The second-order valence-corrected chi connectivity index (χ2v) is 8.56. The van der Waals surface area contributed by atoms with Crippen LogP contribution in [0.15, 0.2) is 108 Å². The van der Waals surface area contributed by atoms with E-state index in [0.29, 0.717) is 22.3 Å². The fraction of sp³-hybridized carbons (Fsp3) is 0.0645. The third-order valence-corrected chi connectivity index (χ3v) is 5.50. The van der Waals surface area contributed by atoms with Gasteiger partial charge in [0.1, 0.15) is 11.5 Å². The summed E-state index contributed by atoms with van der Waals surface area (Å²) in [5.74, 6) is -1.97. The molecule has 9 heteroatoms. The van der Waals surface area contributed by atoms with E-state index in [1.807, 2.05) is 13.0 Å². The van der Waals surface area contributed by atoms with Crippen molar-refractivity contribution >= 4 is 30.0 Å². The van der Waals surface area contributed by atoms with E-state index in [1.54, 1.807) is 78.9 Å². The maximum Gasteiger partial charge on any atom is 0.343 e. The third kappa shape index (κ3) is 7.72. The van der Waals surface area contributed by atoms with Crippen molar-refractivity contribution in [1.29, 1.82) is 0 Å². The van der Waals surface area contributed by atoms with Crippen molar-refractivity contribution in [3.8, 4) is 11.5 Å². The summed E-state index contributed by atoms with van der Waals surface area (Å²) in [4.78, 5) is 49.6. The number of esters is 2. The average Bonchev–Trinajstić information content (AvgIpc) is 2.98. The quantitative estimate of drug-likeness (QED) is 0.142. The zero-order chi connectivity index (χ0) is 28.3. The molecule has 2 N–H and O–H groups in total. The van der Waals surface area contributed by atoms with Crippen LogP contribution in [0, 0.1) is 6.92 Å². The van der Waals surface area contributed by atoms with E-state index >= 15 is 0 Å². The van der Waals surface area contributed by atoms with E-state index in [1.165, 1.54) is 24.4 Å². The van der Waals surface area contributed by atoms with E-state index in [4.69, 9.17) is 9.47 Å². The Hall–Kier alpha value is -5.57. The molecule has 0 aliphatic rings. The van der Waals surface area contributed by atoms with Gasteiger partial charge >= 0.3 is 11.9 Å². The standard InChI is InChI=1S/C31H25N3O6/c1-21-9-8-14-24(17-21)29(36)32-20-28(35)34-33-19-25-15-16-26(39-30(37)22-10-4-2-5-11-22)18-27(25)40-31(38)23-12-6-3-7-13-23/h2-19H,20H2,1H3,(H,32,36)(H,34,35)/b33-19-. The Morgan fingerprint density at radius 1 is 0.725 bits per heavy atom. The second-order valence-electron chi connectivity index (χ2n) is 8.56. The van der Waals surface area contributed by atoms with Crippen LogP contribution in [-0.2, 0) is 4.79 Å². The first kappa shape index (κ1) is 27.5. The Morgan fingerprint density at radius 2 is 1.35 bits per heavy atom. The van der Waals surface area contributed by atoms with Gasteiger partial charge in [0, 0.05) is 17.2 Å². The second kappa shape index (κ2) is 13.3. The number of hydrogen-bond acceptors (Lipinski definition) is 7. The molecule has 4 aromatic rings. The Bertz CT molecular complexity index is 1550.